The highest BCUT2D eigenvalue weighted by Crippen LogP contribution is 2.44. The maximum atomic E-state index is 13.0. The molecule has 2 aliphatic rings. The monoisotopic (exact) mass is 609 g/mol. The first-order chi connectivity index (χ1) is 20.6. The second-order valence-electron chi connectivity index (χ2n) is 11.8. The zero-order valence-corrected chi connectivity index (χ0v) is 27.0. The van der Waals surface area contributed by atoms with E-state index in [1.807, 2.05) is 6.07 Å². The lowest BCUT2D eigenvalue weighted by Gasteiger charge is -2.21. The Morgan fingerprint density at radius 2 is 1.53 bits per heavy atom. The second-order valence-corrected chi connectivity index (χ2v) is 11.8. The molecule has 0 spiro atoms. The van der Waals surface area contributed by atoms with Crippen LogP contribution in [0.15, 0.2) is 30.5 Å². The summed E-state index contributed by atoms with van der Waals surface area (Å²) in [5.74, 6) is 2.61. The Balaban J connectivity index is 0.00000423. The van der Waals surface area contributed by atoms with Gasteiger partial charge in [0, 0.05) is 23.8 Å². The van der Waals surface area contributed by atoms with Gasteiger partial charge in [-0.1, -0.05) is 78.1 Å². The number of unbranched alkanes of at least 4 members (excludes halogenated alkanes) is 10. The van der Waals surface area contributed by atoms with Gasteiger partial charge in [0.25, 0.3) is 0 Å². The van der Waals surface area contributed by atoms with E-state index in [2.05, 4.69) is 42.8 Å². The van der Waals surface area contributed by atoms with Crippen molar-refractivity contribution in [1.29, 1.82) is 0 Å². The van der Waals surface area contributed by atoms with Gasteiger partial charge in [0.2, 0.25) is 12.5 Å². The number of fused-ring (bicyclic) bond motifs is 5. The highest BCUT2D eigenvalue weighted by atomic mass is 35.5. The van der Waals surface area contributed by atoms with Crippen LogP contribution in [0.2, 0.25) is 0 Å². The van der Waals surface area contributed by atoms with Gasteiger partial charge < -0.3 is 31.4 Å². The molecule has 3 heterocycles. The van der Waals surface area contributed by atoms with Crippen LogP contribution in [0.4, 0.5) is 0 Å². The van der Waals surface area contributed by atoms with Crippen LogP contribution in [0.1, 0.15) is 108 Å². The third kappa shape index (κ3) is 7.75. The molecule has 2 aliphatic heterocycles. The summed E-state index contributed by atoms with van der Waals surface area (Å²) >= 11 is 0. The van der Waals surface area contributed by atoms with Crippen molar-refractivity contribution in [1.82, 2.24) is 0 Å². The second kappa shape index (κ2) is 16.2. The van der Waals surface area contributed by atoms with Crippen molar-refractivity contribution in [3.05, 3.63) is 41.6 Å². The Labute approximate surface area is 263 Å². The molecule has 5 rings (SSSR count). The van der Waals surface area contributed by atoms with E-state index in [-0.39, 0.29) is 25.2 Å². The molecule has 7 heteroatoms. The molecular weight excluding hydrogens is 562 g/mol. The smallest absolute Gasteiger partial charge is 0.311 e. The van der Waals surface area contributed by atoms with Crippen molar-refractivity contribution >= 4 is 16.7 Å². The molecule has 234 valence electrons. The molecule has 0 unspecified atom stereocenters. The third-order valence-corrected chi connectivity index (χ3v) is 8.77. The molecule has 6 nitrogen and oxygen atoms in total. The largest absolute Gasteiger partial charge is 1.00 e. The Kier molecular flexibility index (Phi) is 12.4. The van der Waals surface area contributed by atoms with Gasteiger partial charge >= 0.3 is 5.97 Å². The minimum absolute atomic E-state index is 0. The minimum Gasteiger partial charge on any atom is -1.00 e. The quantitative estimate of drug-likeness (QED) is 0.0909. The number of esters is 1. The van der Waals surface area contributed by atoms with Gasteiger partial charge in [-0.05, 0) is 49.1 Å². The first kappa shape index (κ1) is 32.9. The molecule has 0 saturated carbocycles. The number of carbonyl (C=O) groups excluding carboxylic acids is 1. The number of benzene rings is 2. The number of rotatable bonds is 16. The standard InChI is InChI=1S/C36H48NO5.ClH/c1-4-6-8-10-11-13-14-16-28-27-18-19-31(39-3)36(42-34(38)17-15-12-9-7-5-2)30(27)24-37-21-20-26-22-32-33(41-25-40-32)23-29(26)35(28)37;/h18-19,22-24H,4-17,20-21,25H2,1-3H3;1H/q+1;/p-1. The van der Waals surface area contributed by atoms with Crippen LogP contribution >= 0.6 is 0 Å². The molecule has 2 aromatic carbocycles. The summed E-state index contributed by atoms with van der Waals surface area (Å²) in [6.45, 7) is 5.59. The van der Waals surface area contributed by atoms with Gasteiger partial charge in [-0.15, -0.1) is 0 Å². The number of aryl methyl sites for hydroxylation is 3. The minimum atomic E-state index is -0.188. The van der Waals surface area contributed by atoms with Gasteiger partial charge in [0.15, 0.2) is 35.7 Å². The molecule has 3 aromatic rings. The Morgan fingerprint density at radius 3 is 2.26 bits per heavy atom. The summed E-state index contributed by atoms with van der Waals surface area (Å²) in [5, 5.41) is 2.07. The van der Waals surface area contributed by atoms with Crippen molar-refractivity contribution in [3.8, 4) is 34.3 Å². The maximum Gasteiger partial charge on any atom is 0.311 e. The van der Waals surface area contributed by atoms with Gasteiger partial charge in [0.05, 0.1) is 18.1 Å². The van der Waals surface area contributed by atoms with Crippen molar-refractivity contribution in [3.63, 3.8) is 0 Å². The Hall–Kier alpha value is -2.99. The molecule has 0 fully saturated rings. The lowest BCUT2D eigenvalue weighted by atomic mass is 9.89. The zero-order chi connectivity index (χ0) is 29.3. The molecular formula is C36H48ClNO5. The van der Waals surface area contributed by atoms with Gasteiger partial charge in [0.1, 0.15) is 0 Å². The van der Waals surface area contributed by atoms with Crippen molar-refractivity contribution < 1.29 is 40.7 Å². The van der Waals surface area contributed by atoms with Crippen molar-refractivity contribution in [2.75, 3.05) is 13.9 Å². The molecule has 0 N–H and O–H groups in total. The summed E-state index contributed by atoms with van der Waals surface area (Å²) in [5.41, 5.74) is 5.06. The SMILES string of the molecule is CCCCCCCCCc1c2[n+](cc3c(OC(=O)CCCCCCC)c(OC)ccc13)CCc1cc3c(cc1-2)OCO3.[Cl-]. The highest BCUT2D eigenvalue weighted by molar-refractivity contribution is 5.96. The van der Waals surface area contributed by atoms with Crippen molar-refractivity contribution in [2.24, 2.45) is 0 Å². The number of nitrogens with zero attached hydrogens (tertiary/aromatic N) is 1. The predicted molar refractivity (Wildman–Crippen MR) is 167 cm³/mol. The number of aromatic nitrogens is 1. The van der Waals surface area contributed by atoms with Gasteiger partial charge in [-0.3, -0.25) is 4.79 Å². The summed E-state index contributed by atoms with van der Waals surface area (Å²) in [6, 6.07) is 8.42. The highest BCUT2D eigenvalue weighted by Gasteiger charge is 2.32. The topological polar surface area (TPSA) is 57.9 Å². The number of ether oxygens (including phenoxy) is 4. The third-order valence-electron chi connectivity index (χ3n) is 8.77. The van der Waals surface area contributed by atoms with E-state index in [0.717, 1.165) is 67.3 Å². The number of methoxy groups -OCH3 is 1. The molecule has 43 heavy (non-hydrogen) atoms. The molecule has 0 saturated heterocycles. The molecule has 0 bridgehead atoms. The summed E-state index contributed by atoms with van der Waals surface area (Å²) in [6.07, 6.45) is 18.7. The maximum absolute atomic E-state index is 13.0. The molecule has 0 aliphatic carbocycles. The lowest BCUT2D eigenvalue weighted by Crippen LogP contribution is -3.00. The normalized spacial score (nSPS) is 12.9. The number of hydrogen-bond acceptors (Lipinski definition) is 5. The summed E-state index contributed by atoms with van der Waals surface area (Å²) < 4.78 is 25.7. The Morgan fingerprint density at radius 1 is 0.860 bits per heavy atom. The van der Waals surface area contributed by atoms with E-state index in [0.29, 0.717) is 17.9 Å². The molecule has 0 amide bonds. The van der Waals surface area contributed by atoms with Crippen LogP contribution in [-0.2, 0) is 24.2 Å². The number of hydrogen-bond donors (Lipinski definition) is 0. The van der Waals surface area contributed by atoms with E-state index in [1.165, 1.54) is 73.8 Å². The van der Waals surface area contributed by atoms with E-state index in [4.69, 9.17) is 18.9 Å². The zero-order valence-electron chi connectivity index (χ0n) is 26.3. The summed E-state index contributed by atoms with van der Waals surface area (Å²) in [4.78, 5) is 13.0. The van der Waals surface area contributed by atoms with E-state index in [1.54, 1.807) is 7.11 Å². The van der Waals surface area contributed by atoms with E-state index >= 15 is 0 Å². The fraction of sp³-hybridized carbons (Fsp3) is 0.556. The van der Waals surface area contributed by atoms with Gasteiger partial charge in [-0.2, -0.15) is 4.57 Å². The molecule has 1 aromatic heterocycles. The lowest BCUT2D eigenvalue weighted by molar-refractivity contribution is -0.686. The fourth-order valence-corrected chi connectivity index (χ4v) is 6.45. The summed E-state index contributed by atoms with van der Waals surface area (Å²) in [7, 11) is 1.65. The molecule has 0 atom stereocenters. The van der Waals surface area contributed by atoms with Gasteiger partial charge in [-0.25, -0.2) is 0 Å². The van der Waals surface area contributed by atoms with Crippen LogP contribution in [-0.4, -0.2) is 19.9 Å². The Bertz CT molecular complexity index is 1390. The van der Waals surface area contributed by atoms with Crippen molar-refractivity contribution in [2.45, 2.75) is 117 Å². The average Bonchev–Trinajstić information content (AvgIpc) is 3.46. The predicted octanol–water partition coefficient (Wildman–Crippen LogP) is 5.65. The van der Waals surface area contributed by atoms with E-state index < -0.39 is 0 Å². The number of halogens is 1. The first-order valence-corrected chi connectivity index (χ1v) is 16.3. The van der Waals surface area contributed by atoms with Crippen LogP contribution in [0, 0.1) is 0 Å². The van der Waals surface area contributed by atoms with Crippen LogP contribution < -0.4 is 35.9 Å². The van der Waals surface area contributed by atoms with Crippen LogP contribution in [0.25, 0.3) is 22.0 Å². The average molecular weight is 610 g/mol. The van der Waals surface area contributed by atoms with E-state index in [9.17, 15) is 4.79 Å². The van der Waals surface area contributed by atoms with Crippen LogP contribution in [0.3, 0.4) is 0 Å². The number of pyridine rings is 1. The van der Waals surface area contributed by atoms with Crippen LogP contribution in [0.5, 0.6) is 23.0 Å². The molecule has 0 radical (unpaired) electrons. The fourth-order valence-electron chi connectivity index (χ4n) is 6.45. The number of carbonyl (C=O) groups is 1. The first-order valence-electron chi connectivity index (χ1n) is 16.3.